The highest BCUT2D eigenvalue weighted by molar-refractivity contribution is 5.01. The first kappa shape index (κ1) is 10.4. The van der Waals surface area contributed by atoms with Crippen LogP contribution in [0.3, 0.4) is 0 Å². The molecule has 2 rings (SSSR count). The van der Waals surface area contributed by atoms with Crippen molar-refractivity contribution in [1.82, 2.24) is 5.32 Å². The van der Waals surface area contributed by atoms with Crippen LogP contribution in [0.1, 0.15) is 51.9 Å². The molecule has 0 aromatic carbocycles. The number of hydrogen-bond donors (Lipinski definition) is 2. The SMILES string of the molecule is C[C@@H](N)CNC1CCC12CCCCC2. The molecule has 2 heteroatoms. The molecular weight excluding hydrogens is 172 g/mol. The Labute approximate surface area is 87.6 Å². The van der Waals surface area contributed by atoms with E-state index in [0.29, 0.717) is 11.5 Å². The molecule has 2 aliphatic carbocycles. The van der Waals surface area contributed by atoms with Gasteiger partial charge in [0.25, 0.3) is 0 Å². The molecule has 2 nitrogen and oxygen atoms in total. The lowest BCUT2D eigenvalue weighted by atomic mass is 9.57. The molecule has 0 bridgehead atoms. The molecule has 1 unspecified atom stereocenters. The second-order valence-corrected chi connectivity index (χ2v) is 5.40. The van der Waals surface area contributed by atoms with Crippen LogP contribution in [0.15, 0.2) is 0 Å². The van der Waals surface area contributed by atoms with E-state index in [9.17, 15) is 0 Å². The molecule has 0 aliphatic heterocycles. The minimum Gasteiger partial charge on any atom is -0.327 e. The highest BCUT2D eigenvalue weighted by Gasteiger charge is 2.46. The van der Waals surface area contributed by atoms with Gasteiger partial charge in [-0.25, -0.2) is 0 Å². The van der Waals surface area contributed by atoms with Crippen molar-refractivity contribution in [2.24, 2.45) is 11.1 Å². The van der Waals surface area contributed by atoms with Gasteiger partial charge in [-0.2, -0.15) is 0 Å². The molecule has 0 amide bonds. The van der Waals surface area contributed by atoms with Gasteiger partial charge in [0.1, 0.15) is 0 Å². The zero-order chi connectivity index (χ0) is 10.0. The molecule has 2 aliphatic rings. The third kappa shape index (κ3) is 1.96. The van der Waals surface area contributed by atoms with Gasteiger partial charge in [0, 0.05) is 18.6 Å². The van der Waals surface area contributed by atoms with Crippen molar-refractivity contribution >= 4 is 0 Å². The third-order valence-electron chi connectivity index (χ3n) is 4.21. The number of rotatable bonds is 3. The van der Waals surface area contributed by atoms with Crippen LogP contribution in [-0.4, -0.2) is 18.6 Å². The summed E-state index contributed by atoms with van der Waals surface area (Å²) in [6.45, 7) is 3.08. The minimum atomic E-state index is 0.302. The van der Waals surface area contributed by atoms with Crippen LogP contribution >= 0.6 is 0 Å². The molecule has 0 heterocycles. The molecule has 0 aromatic rings. The van der Waals surface area contributed by atoms with E-state index in [1.807, 2.05) is 0 Å². The normalized spacial score (nSPS) is 32.6. The summed E-state index contributed by atoms with van der Waals surface area (Å²) in [6, 6.07) is 1.09. The van der Waals surface area contributed by atoms with Crippen LogP contribution in [-0.2, 0) is 0 Å². The average Bonchev–Trinajstić information content (AvgIpc) is 2.17. The molecule has 0 radical (unpaired) electrons. The summed E-state index contributed by atoms with van der Waals surface area (Å²) in [4.78, 5) is 0. The van der Waals surface area contributed by atoms with E-state index in [1.54, 1.807) is 0 Å². The first-order valence-electron chi connectivity index (χ1n) is 6.22. The van der Waals surface area contributed by atoms with E-state index in [2.05, 4.69) is 12.2 Å². The molecule has 1 spiro atoms. The quantitative estimate of drug-likeness (QED) is 0.725. The van der Waals surface area contributed by atoms with E-state index >= 15 is 0 Å². The van der Waals surface area contributed by atoms with Crippen molar-refractivity contribution in [3.8, 4) is 0 Å². The summed E-state index contributed by atoms with van der Waals surface area (Å²) in [5.74, 6) is 0. The second-order valence-electron chi connectivity index (χ2n) is 5.40. The van der Waals surface area contributed by atoms with Crippen LogP contribution < -0.4 is 11.1 Å². The second kappa shape index (κ2) is 4.19. The molecular formula is C12H24N2. The Morgan fingerprint density at radius 3 is 2.50 bits per heavy atom. The van der Waals surface area contributed by atoms with Crippen molar-refractivity contribution in [2.45, 2.75) is 64.0 Å². The van der Waals surface area contributed by atoms with E-state index in [0.717, 1.165) is 12.6 Å². The van der Waals surface area contributed by atoms with Gasteiger partial charge >= 0.3 is 0 Å². The molecule has 0 aromatic heterocycles. The molecule has 2 saturated carbocycles. The van der Waals surface area contributed by atoms with Crippen molar-refractivity contribution in [3.05, 3.63) is 0 Å². The van der Waals surface area contributed by atoms with E-state index in [4.69, 9.17) is 5.73 Å². The third-order valence-corrected chi connectivity index (χ3v) is 4.21. The van der Waals surface area contributed by atoms with Gasteiger partial charge in [-0.3, -0.25) is 0 Å². The molecule has 2 fully saturated rings. The maximum Gasteiger partial charge on any atom is 0.0136 e. The first-order chi connectivity index (χ1) is 6.73. The van der Waals surface area contributed by atoms with Crippen molar-refractivity contribution in [1.29, 1.82) is 0 Å². The predicted octanol–water partition coefficient (Wildman–Crippen LogP) is 2.04. The lowest BCUT2D eigenvalue weighted by Crippen LogP contribution is -2.56. The van der Waals surface area contributed by atoms with Crippen LogP contribution in [0.25, 0.3) is 0 Å². The van der Waals surface area contributed by atoms with Crippen LogP contribution in [0.4, 0.5) is 0 Å². The maximum absolute atomic E-state index is 5.77. The number of nitrogens with two attached hydrogens (primary N) is 1. The smallest absolute Gasteiger partial charge is 0.0136 e. The Morgan fingerprint density at radius 2 is 2.00 bits per heavy atom. The predicted molar refractivity (Wildman–Crippen MR) is 60.2 cm³/mol. The van der Waals surface area contributed by atoms with Crippen LogP contribution in [0.5, 0.6) is 0 Å². The topological polar surface area (TPSA) is 38.0 Å². The molecule has 3 N–H and O–H groups in total. The zero-order valence-electron chi connectivity index (χ0n) is 9.39. The highest BCUT2D eigenvalue weighted by atomic mass is 15.0. The van der Waals surface area contributed by atoms with E-state index < -0.39 is 0 Å². The molecule has 14 heavy (non-hydrogen) atoms. The van der Waals surface area contributed by atoms with Crippen LogP contribution in [0.2, 0.25) is 0 Å². The fourth-order valence-corrected chi connectivity index (χ4v) is 3.20. The molecule has 2 atom stereocenters. The number of hydrogen-bond acceptors (Lipinski definition) is 2. The summed E-state index contributed by atoms with van der Waals surface area (Å²) in [5, 5.41) is 3.65. The Kier molecular flexibility index (Phi) is 3.13. The Bertz CT molecular complexity index is 183. The Hall–Kier alpha value is -0.0800. The summed E-state index contributed by atoms with van der Waals surface area (Å²) < 4.78 is 0. The van der Waals surface area contributed by atoms with Gasteiger partial charge in [-0.15, -0.1) is 0 Å². The number of nitrogens with one attached hydrogen (secondary N) is 1. The maximum atomic E-state index is 5.77. The molecule has 82 valence electrons. The van der Waals surface area contributed by atoms with Crippen molar-refractivity contribution in [2.75, 3.05) is 6.54 Å². The van der Waals surface area contributed by atoms with Gasteiger partial charge in [0.05, 0.1) is 0 Å². The van der Waals surface area contributed by atoms with Crippen LogP contribution in [0, 0.1) is 5.41 Å². The van der Waals surface area contributed by atoms with Gasteiger partial charge in [-0.05, 0) is 38.0 Å². The average molecular weight is 196 g/mol. The summed E-state index contributed by atoms with van der Waals surface area (Å²) in [5.41, 5.74) is 6.46. The highest BCUT2D eigenvalue weighted by Crippen LogP contribution is 2.51. The monoisotopic (exact) mass is 196 g/mol. The standard InChI is InChI=1S/C12H24N2/c1-10(13)9-14-11-5-8-12(11)6-3-2-4-7-12/h10-11,14H,2-9,13H2,1H3/t10-,11?/m1/s1. The summed E-state index contributed by atoms with van der Waals surface area (Å²) >= 11 is 0. The molecule has 0 saturated heterocycles. The van der Waals surface area contributed by atoms with Gasteiger partial charge < -0.3 is 11.1 Å². The fourth-order valence-electron chi connectivity index (χ4n) is 3.20. The fraction of sp³-hybridized carbons (Fsp3) is 1.00. The summed E-state index contributed by atoms with van der Waals surface area (Å²) in [7, 11) is 0. The van der Waals surface area contributed by atoms with Crippen molar-refractivity contribution < 1.29 is 0 Å². The van der Waals surface area contributed by atoms with E-state index in [1.165, 1.54) is 44.9 Å². The first-order valence-corrected chi connectivity index (χ1v) is 6.22. The van der Waals surface area contributed by atoms with Crippen molar-refractivity contribution in [3.63, 3.8) is 0 Å². The Morgan fingerprint density at radius 1 is 1.29 bits per heavy atom. The van der Waals surface area contributed by atoms with Gasteiger partial charge in [0.2, 0.25) is 0 Å². The largest absolute Gasteiger partial charge is 0.327 e. The minimum absolute atomic E-state index is 0.302. The van der Waals surface area contributed by atoms with Gasteiger partial charge in [-0.1, -0.05) is 19.3 Å². The van der Waals surface area contributed by atoms with Gasteiger partial charge in [0.15, 0.2) is 0 Å². The lowest BCUT2D eigenvalue weighted by Gasteiger charge is -2.52. The van der Waals surface area contributed by atoms with E-state index in [-0.39, 0.29) is 0 Å². The Balaban J connectivity index is 1.81. The summed E-state index contributed by atoms with van der Waals surface area (Å²) in [6.07, 6.45) is 10.1. The lowest BCUT2D eigenvalue weighted by molar-refractivity contribution is 0.0228. The zero-order valence-corrected chi connectivity index (χ0v) is 9.39.